The van der Waals surface area contributed by atoms with E-state index in [1.807, 2.05) is 44.2 Å². The Morgan fingerprint density at radius 3 is 2.38 bits per heavy atom. The second-order valence-corrected chi connectivity index (χ2v) is 7.15. The van der Waals surface area contributed by atoms with Crippen LogP contribution in [0.25, 0.3) is 11.1 Å². The topological polar surface area (TPSA) is 79.3 Å². The zero-order chi connectivity index (χ0) is 18.2. The maximum atomic E-state index is 11.1. The summed E-state index contributed by atoms with van der Waals surface area (Å²) in [4.78, 5) is 27.4. The molecule has 1 amide bonds. The Morgan fingerprint density at radius 2 is 1.83 bits per heavy atom. The summed E-state index contributed by atoms with van der Waals surface area (Å²) in [6.07, 6.45) is 4.46. The predicted octanol–water partition coefficient (Wildman–Crippen LogP) is 3.39. The van der Waals surface area contributed by atoms with E-state index in [2.05, 4.69) is 10.3 Å². The second-order valence-electron chi connectivity index (χ2n) is 5.45. The number of benzene rings is 1. The standard InChI is InChI=1S/C17H18N2O2S.CH4O/c1-12(21)19-14-6-4-13(5-7-14)15-10-18-9-8-16(15)22-17(2,3)11-20;1-2/h4-11H,1-3H3,(H,19,21);2H,1H3. The first-order chi connectivity index (χ1) is 11.4. The number of aromatic nitrogens is 1. The largest absolute Gasteiger partial charge is 0.400 e. The average Bonchev–Trinajstić information content (AvgIpc) is 2.57. The second kappa shape index (κ2) is 9.20. The van der Waals surface area contributed by atoms with E-state index in [0.717, 1.165) is 35.1 Å². The molecule has 0 saturated carbocycles. The van der Waals surface area contributed by atoms with E-state index < -0.39 is 4.75 Å². The summed E-state index contributed by atoms with van der Waals surface area (Å²) >= 11 is 1.50. The van der Waals surface area contributed by atoms with Gasteiger partial charge in [0.05, 0.1) is 4.75 Å². The molecule has 0 atom stereocenters. The number of pyridine rings is 1. The number of hydrogen-bond donors (Lipinski definition) is 2. The molecule has 0 aliphatic rings. The van der Waals surface area contributed by atoms with Crippen molar-refractivity contribution < 1.29 is 14.7 Å². The van der Waals surface area contributed by atoms with E-state index in [0.29, 0.717) is 0 Å². The van der Waals surface area contributed by atoms with Gasteiger partial charge in [-0.2, -0.15) is 0 Å². The number of aldehydes is 1. The van der Waals surface area contributed by atoms with Crippen LogP contribution in [-0.2, 0) is 9.59 Å². The fraction of sp³-hybridized carbons (Fsp3) is 0.278. The Bertz CT molecular complexity index is 685. The van der Waals surface area contributed by atoms with Crippen LogP contribution < -0.4 is 5.32 Å². The van der Waals surface area contributed by atoms with Crippen LogP contribution in [0, 0.1) is 0 Å². The fourth-order valence-corrected chi connectivity index (χ4v) is 2.96. The van der Waals surface area contributed by atoms with Gasteiger partial charge < -0.3 is 15.2 Å². The molecule has 24 heavy (non-hydrogen) atoms. The Labute approximate surface area is 146 Å². The van der Waals surface area contributed by atoms with Crippen LogP contribution in [0.2, 0.25) is 0 Å². The molecule has 6 heteroatoms. The maximum absolute atomic E-state index is 11.1. The molecule has 1 aromatic carbocycles. The van der Waals surface area contributed by atoms with Gasteiger partial charge in [0, 0.05) is 42.6 Å². The Morgan fingerprint density at radius 1 is 1.21 bits per heavy atom. The maximum Gasteiger partial charge on any atom is 0.221 e. The first-order valence-electron chi connectivity index (χ1n) is 7.33. The van der Waals surface area contributed by atoms with Gasteiger partial charge in [0.1, 0.15) is 6.29 Å². The summed E-state index contributed by atoms with van der Waals surface area (Å²) in [5.41, 5.74) is 2.71. The van der Waals surface area contributed by atoms with Crippen LogP contribution in [0.3, 0.4) is 0 Å². The summed E-state index contributed by atoms with van der Waals surface area (Å²) in [5, 5.41) is 9.74. The van der Waals surface area contributed by atoms with E-state index >= 15 is 0 Å². The number of carbonyl (C=O) groups is 2. The Balaban J connectivity index is 0.00000139. The molecule has 0 aliphatic heterocycles. The first kappa shape index (κ1) is 19.9. The zero-order valence-corrected chi connectivity index (χ0v) is 15.1. The number of aliphatic hydroxyl groups is 1. The molecular weight excluding hydrogens is 324 g/mol. The third-order valence-corrected chi connectivity index (χ3v) is 4.15. The van der Waals surface area contributed by atoms with Crippen LogP contribution in [-0.4, -0.2) is 34.1 Å². The highest BCUT2D eigenvalue weighted by atomic mass is 32.2. The van der Waals surface area contributed by atoms with Gasteiger partial charge in [0.15, 0.2) is 0 Å². The van der Waals surface area contributed by atoms with Gasteiger partial charge in [-0.3, -0.25) is 9.78 Å². The summed E-state index contributed by atoms with van der Waals surface area (Å²) in [5.74, 6) is -0.0990. The lowest BCUT2D eigenvalue weighted by atomic mass is 10.1. The SMILES string of the molecule is CC(=O)Nc1ccc(-c2cnccc2SC(C)(C)C=O)cc1.CO. The normalized spacial score (nSPS) is 10.4. The van der Waals surface area contributed by atoms with Crippen molar-refractivity contribution in [3.8, 4) is 11.1 Å². The van der Waals surface area contributed by atoms with Gasteiger partial charge in [0.2, 0.25) is 5.91 Å². The minimum Gasteiger partial charge on any atom is -0.400 e. The molecule has 1 aromatic heterocycles. The van der Waals surface area contributed by atoms with Crippen molar-refractivity contribution in [1.29, 1.82) is 0 Å². The molecule has 0 fully saturated rings. The van der Waals surface area contributed by atoms with Crippen molar-refractivity contribution in [3.63, 3.8) is 0 Å². The molecule has 0 radical (unpaired) electrons. The number of anilines is 1. The summed E-state index contributed by atoms with van der Waals surface area (Å²) in [6, 6.07) is 9.47. The van der Waals surface area contributed by atoms with Gasteiger partial charge in [-0.1, -0.05) is 12.1 Å². The van der Waals surface area contributed by atoms with Crippen LogP contribution in [0.5, 0.6) is 0 Å². The van der Waals surface area contributed by atoms with Crippen molar-refractivity contribution >= 4 is 29.6 Å². The van der Waals surface area contributed by atoms with Crippen LogP contribution in [0.1, 0.15) is 20.8 Å². The molecule has 2 aromatic rings. The van der Waals surface area contributed by atoms with E-state index in [1.54, 1.807) is 12.4 Å². The number of hydrogen-bond acceptors (Lipinski definition) is 5. The Hall–Kier alpha value is -2.18. The lowest BCUT2D eigenvalue weighted by Gasteiger charge is -2.18. The van der Waals surface area contributed by atoms with Gasteiger partial charge in [-0.25, -0.2) is 0 Å². The molecule has 1 heterocycles. The molecule has 0 aliphatic carbocycles. The third kappa shape index (κ3) is 5.79. The molecule has 0 spiro atoms. The third-order valence-electron chi connectivity index (χ3n) is 2.95. The first-order valence-corrected chi connectivity index (χ1v) is 8.15. The van der Waals surface area contributed by atoms with Crippen molar-refractivity contribution in [3.05, 3.63) is 42.7 Å². The molecular formula is C18H22N2O3S. The number of nitrogens with zero attached hydrogens (tertiary/aromatic N) is 1. The van der Waals surface area contributed by atoms with Gasteiger partial charge in [-0.05, 0) is 37.6 Å². The van der Waals surface area contributed by atoms with Crippen molar-refractivity contribution in [2.24, 2.45) is 0 Å². The molecule has 0 bridgehead atoms. The number of carbonyl (C=O) groups excluding carboxylic acids is 2. The summed E-state index contributed by atoms with van der Waals surface area (Å²) in [6.45, 7) is 5.24. The van der Waals surface area contributed by atoms with Crippen molar-refractivity contribution in [2.45, 2.75) is 30.4 Å². The number of aliphatic hydroxyl groups excluding tert-OH is 1. The number of rotatable bonds is 5. The smallest absolute Gasteiger partial charge is 0.221 e. The van der Waals surface area contributed by atoms with E-state index in [4.69, 9.17) is 5.11 Å². The van der Waals surface area contributed by atoms with E-state index in [1.165, 1.54) is 18.7 Å². The summed E-state index contributed by atoms with van der Waals surface area (Å²) in [7, 11) is 1.00. The van der Waals surface area contributed by atoms with Gasteiger partial charge in [0.25, 0.3) is 0 Å². The molecule has 2 rings (SSSR count). The summed E-state index contributed by atoms with van der Waals surface area (Å²) < 4.78 is -0.494. The fourth-order valence-electron chi connectivity index (χ4n) is 1.93. The van der Waals surface area contributed by atoms with Crippen molar-refractivity contribution in [2.75, 3.05) is 12.4 Å². The van der Waals surface area contributed by atoms with Crippen molar-refractivity contribution in [1.82, 2.24) is 4.98 Å². The number of amides is 1. The highest BCUT2D eigenvalue weighted by molar-refractivity contribution is 8.01. The number of nitrogens with one attached hydrogen (secondary N) is 1. The lowest BCUT2D eigenvalue weighted by Crippen LogP contribution is -2.15. The van der Waals surface area contributed by atoms with E-state index in [-0.39, 0.29) is 5.91 Å². The highest BCUT2D eigenvalue weighted by Gasteiger charge is 2.20. The van der Waals surface area contributed by atoms with Crippen LogP contribution in [0.4, 0.5) is 5.69 Å². The quantitative estimate of drug-likeness (QED) is 0.641. The zero-order valence-electron chi connectivity index (χ0n) is 14.2. The highest BCUT2D eigenvalue weighted by Crippen LogP contribution is 2.37. The molecule has 5 nitrogen and oxygen atoms in total. The Kier molecular flexibility index (Phi) is 7.61. The van der Waals surface area contributed by atoms with Gasteiger partial charge >= 0.3 is 0 Å². The number of thioether (sulfide) groups is 1. The molecule has 0 unspecified atom stereocenters. The van der Waals surface area contributed by atoms with Gasteiger partial charge in [-0.15, -0.1) is 11.8 Å². The minimum absolute atomic E-state index is 0.0990. The average molecular weight is 346 g/mol. The lowest BCUT2D eigenvalue weighted by molar-refractivity contribution is -0.114. The van der Waals surface area contributed by atoms with Crippen LogP contribution in [0.15, 0.2) is 47.6 Å². The molecule has 128 valence electrons. The predicted molar refractivity (Wildman–Crippen MR) is 98.1 cm³/mol. The van der Waals surface area contributed by atoms with E-state index in [9.17, 15) is 9.59 Å². The minimum atomic E-state index is -0.494. The van der Waals surface area contributed by atoms with Crippen LogP contribution >= 0.6 is 11.8 Å². The molecule has 2 N–H and O–H groups in total. The molecule has 0 saturated heterocycles. The monoisotopic (exact) mass is 346 g/mol.